The van der Waals surface area contributed by atoms with Crippen LogP contribution in [0.2, 0.25) is 0 Å². The van der Waals surface area contributed by atoms with Gasteiger partial charge in [-0.25, -0.2) is 8.78 Å². The molecule has 0 spiro atoms. The normalized spacial score (nSPS) is 30.4. The van der Waals surface area contributed by atoms with E-state index in [9.17, 15) is 8.78 Å². The predicted octanol–water partition coefficient (Wildman–Crippen LogP) is 4.24. The lowest BCUT2D eigenvalue weighted by Crippen LogP contribution is -2.33. The van der Waals surface area contributed by atoms with E-state index in [0.29, 0.717) is 23.4 Å². The largest absolute Gasteiger partial charge is 0.314 e. The lowest BCUT2D eigenvalue weighted by Gasteiger charge is -2.35. The van der Waals surface area contributed by atoms with Crippen molar-refractivity contribution in [3.05, 3.63) is 35.4 Å². The Hall–Kier alpha value is -0.960. The lowest BCUT2D eigenvalue weighted by atomic mass is 9.71. The molecule has 0 saturated heterocycles. The molecule has 3 heteroatoms. The fourth-order valence-electron chi connectivity index (χ4n) is 3.51. The fourth-order valence-corrected chi connectivity index (χ4v) is 3.51. The highest BCUT2D eigenvalue weighted by molar-refractivity contribution is 5.25. The van der Waals surface area contributed by atoms with E-state index < -0.39 is 0 Å². The Morgan fingerprint density at radius 2 is 1.80 bits per heavy atom. The smallest absolute Gasteiger partial charge is 0.129 e. The van der Waals surface area contributed by atoms with Crippen LogP contribution in [-0.2, 0) is 0 Å². The van der Waals surface area contributed by atoms with Crippen molar-refractivity contribution in [2.45, 2.75) is 51.0 Å². The van der Waals surface area contributed by atoms with Crippen LogP contribution in [0.1, 0.15) is 50.5 Å². The summed E-state index contributed by atoms with van der Waals surface area (Å²) < 4.78 is 28.2. The lowest BCUT2D eigenvalue weighted by molar-refractivity contribution is 0.233. The number of benzene rings is 1. The number of rotatable bonds is 4. The molecule has 2 aliphatic rings. The van der Waals surface area contributed by atoms with E-state index in [4.69, 9.17) is 0 Å². The molecule has 0 amide bonds. The van der Waals surface area contributed by atoms with Crippen molar-refractivity contribution in [2.75, 3.05) is 6.54 Å². The molecule has 110 valence electrons. The van der Waals surface area contributed by atoms with Crippen LogP contribution in [-0.4, -0.2) is 12.6 Å². The number of hydrogen-bond donors (Lipinski definition) is 1. The molecule has 3 rings (SSSR count). The zero-order chi connectivity index (χ0) is 14.1. The van der Waals surface area contributed by atoms with Crippen LogP contribution < -0.4 is 5.32 Å². The van der Waals surface area contributed by atoms with Crippen LogP contribution in [0.15, 0.2) is 18.2 Å². The number of nitrogens with one attached hydrogen (secondary N) is 1. The van der Waals surface area contributed by atoms with Gasteiger partial charge in [0.05, 0.1) is 0 Å². The van der Waals surface area contributed by atoms with Gasteiger partial charge in [-0.05, 0) is 62.1 Å². The summed E-state index contributed by atoms with van der Waals surface area (Å²) in [6.07, 6.45) is 5.64. The zero-order valence-electron chi connectivity index (χ0n) is 12.0. The summed E-state index contributed by atoms with van der Waals surface area (Å²) in [6, 6.07) is 4.89. The van der Waals surface area contributed by atoms with Gasteiger partial charge in [-0.3, -0.25) is 0 Å². The van der Waals surface area contributed by atoms with E-state index in [1.807, 2.05) is 0 Å². The molecule has 1 aromatic carbocycles. The van der Waals surface area contributed by atoms with Crippen molar-refractivity contribution in [1.29, 1.82) is 0 Å². The van der Waals surface area contributed by atoms with Crippen LogP contribution in [0.5, 0.6) is 0 Å². The van der Waals surface area contributed by atoms with Crippen molar-refractivity contribution in [2.24, 2.45) is 11.8 Å². The molecule has 2 saturated carbocycles. The first-order chi connectivity index (χ1) is 9.65. The molecule has 3 atom stereocenters. The van der Waals surface area contributed by atoms with Crippen molar-refractivity contribution in [3.63, 3.8) is 0 Å². The average molecular weight is 279 g/mol. The molecule has 1 nitrogen and oxygen atoms in total. The van der Waals surface area contributed by atoms with Gasteiger partial charge in [-0.1, -0.05) is 19.4 Å². The minimum atomic E-state index is -0.375. The SMILES string of the molecule is CC1CCC(CNC2CC2)C(c2c(F)cccc2F)C1. The molecule has 1 N–H and O–H groups in total. The van der Waals surface area contributed by atoms with Gasteiger partial charge in [-0.2, -0.15) is 0 Å². The van der Waals surface area contributed by atoms with E-state index in [2.05, 4.69) is 12.2 Å². The molecule has 0 aliphatic heterocycles. The third-order valence-corrected chi connectivity index (χ3v) is 4.87. The highest BCUT2D eigenvalue weighted by Gasteiger charge is 2.34. The summed E-state index contributed by atoms with van der Waals surface area (Å²) in [6.45, 7) is 3.09. The summed E-state index contributed by atoms with van der Waals surface area (Å²) in [7, 11) is 0. The highest BCUT2D eigenvalue weighted by Crippen LogP contribution is 2.42. The molecule has 20 heavy (non-hydrogen) atoms. The first-order valence-electron chi connectivity index (χ1n) is 7.82. The minimum Gasteiger partial charge on any atom is -0.314 e. The Morgan fingerprint density at radius 3 is 2.45 bits per heavy atom. The Balaban J connectivity index is 1.81. The monoisotopic (exact) mass is 279 g/mol. The third kappa shape index (κ3) is 3.03. The maximum Gasteiger partial charge on any atom is 0.129 e. The molecule has 3 unspecified atom stereocenters. The first kappa shape index (κ1) is 14.0. The van der Waals surface area contributed by atoms with Gasteiger partial charge in [0.25, 0.3) is 0 Å². The molecular formula is C17H23F2N. The Kier molecular flexibility index (Phi) is 4.06. The summed E-state index contributed by atoms with van der Waals surface area (Å²) in [5.41, 5.74) is 0.321. The topological polar surface area (TPSA) is 12.0 Å². The fraction of sp³-hybridized carbons (Fsp3) is 0.647. The molecule has 2 fully saturated rings. The van der Waals surface area contributed by atoms with Crippen molar-refractivity contribution >= 4 is 0 Å². The minimum absolute atomic E-state index is 0.0196. The molecule has 0 bridgehead atoms. The Bertz CT molecular complexity index is 450. The number of halogens is 2. The van der Waals surface area contributed by atoms with Crippen LogP contribution in [0, 0.1) is 23.5 Å². The number of hydrogen-bond acceptors (Lipinski definition) is 1. The maximum absolute atomic E-state index is 14.1. The van der Waals surface area contributed by atoms with Gasteiger partial charge in [-0.15, -0.1) is 0 Å². The van der Waals surface area contributed by atoms with Gasteiger partial charge in [0.1, 0.15) is 11.6 Å². The van der Waals surface area contributed by atoms with Gasteiger partial charge >= 0.3 is 0 Å². The second kappa shape index (κ2) is 5.80. The summed E-state index contributed by atoms with van der Waals surface area (Å²) in [5, 5.41) is 3.53. The Labute approximate surface area is 119 Å². The van der Waals surface area contributed by atoms with E-state index in [-0.39, 0.29) is 17.6 Å². The van der Waals surface area contributed by atoms with Crippen molar-refractivity contribution < 1.29 is 8.78 Å². The standard InChI is InChI=1S/C17H23F2N/c1-11-5-6-12(10-20-13-7-8-13)14(9-11)17-15(18)3-2-4-16(17)19/h2-4,11-14,20H,5-10H2,1H3. The predicted molar refractivity (Wildman–Crippen MR) is 76.6 cm³/mol. The van der Waals surface area contributed by atoms with Gasteiger partial charge in [0.15, 0.2) is 0 Å². The summed E-state index contributed by atoms with van der Waals surface area (Å²) in [4.78, 5) is 0. The molecule has 2 aliphatic carbocycles. The van der Waals surface area contributed by atoms with Gasteiger partial charge < -0.3 is 5.32 Å². The average Bonchev–Trinajstić information content (AvgIpc) is 3.22. The van der Waals surface area contributed by atoms with Crippen LogP contribution in [0.3, 0.4) is 0 Å². The van der Waals surface area contributed by atoms with Crippen molar-refractivity contribution in [1.82, 2.24) is 5.32 Å². The van der Waals surface area contributed by atoms with Gasteiger partial charge in [0.2, 0.25) is 0 Å². The molecule has 1 aromatic rings. The molecule has 0 aromatic heterocycles. The molecule has 0 heterocycles. The molecule has 0 radical (unpaired) electrons. The quantitative estimate of drug-likeness (QED) is 0.869. The van der Waals surface area contributed by atoms with E-state index >= 15 is 0 Å². The second-order valence-electron chi connectivity index (χ2n) is 6.60. The van der Waals surface area contributed by atoms with Gasteiger partial charge in [0, 0.05) is 11.6 Å². The van der Waals surface area contributed by atoms with E-state index in [1.165, 1.54) is 37.5 Å². The van der Waals surface area contributed by atoms with Crippen molar-refractivity contribution in [3.8, 4) is 0 Å². The second-order valence-corrected chi connectivity index (χ2v) is 6.60. The van der Waals surface area contributed by atoms with Crippen LogP contribution in [0.25, 0.3) is 0 Å². The maximum atomic E-state index is 14.1. The highest BCUT2D eigenvalue weighted by atomic mass is 19.1. The summed E-state index contributed by atoms with van der Waals surface area (Å²) >= 11 is 0. The van der Waals surface area contributed by atoms with E-state index in [0.717, 1.165) is 19.4 Å². The molecular weight excluding hydrogens is 256 g/mol. The third-order valence-electron chi connectivity index (χ3n) is 4.87. The van der Waals surface area contributed by atoms with E-state index in [1.54, 1.807) is 0 Å². The summed E-state index contributed by atoms with van der Waals surface area (Å²) in [5.74, 6) is 0.182. The van der Waals surface area contributed by atoms with Crippen LogP contribution >= 0.6 is 0 Å². The first-order valence-corrected chi connectivity index (χ1v) is 7.82. The Morgan fingerprint density at radius 1 is 1.10 bits per heavy atom. The van der Waals surface area contributed by atoms with Crippen LogP contribution in [0.4, 0.5) is 8.78 Å². The zero-order valence-corrected chi connectivity index (χ0v) is 12.0.